The Morgan fingerprint density at radius 2 is 1.86 bits per heavy atom. The summed E-state index contributed by atoms with van der Waals surface area (Å²) in [4.78, 5) is 33.5. The molecule has 0 saturated carbocycles. The molecule has 0 aliphatic rings. The molecule has 0 spiro atoms. The number of primary amides is 1. The summed E-state index contributed by atoms with van der Waals surface area (Å²) in [6.45, 7) is 6.01. The van der Waals surface area contributed by atoms with Gasteiger partial charge in [0.1, 0.15) is 5.69 Å². The molecule has 0 fully saturated rings. The summed E-state index contributed by atoms with van der Waals surface area (Å²) in [6, 6.07) is 12.3. The number of carbonyl (C=O) groups is 2. The fourth-order valence-corrected chi connectivity index (χ4v) is 3.95. The second-order valence-electron chi connectivity index (χ2n) is 9.31. The van der Waals surface area contributed by atoms with Crippen LogP contribution in [0.25, 0.3) is 10.9 Å². The first-order valence-electron chi connectivity index (χ1n) is 11.2. The minimum atomic E-state index is -0.648. The minimum absolute atomic E-state index is 0.0911. The molecule has 0 saturated heterocycles. The lowest BCUT2D eigenvalue weighted by atomic mass is 9.85. The standard InChI is InChI=1S/C26H28N6O4/c1-26(2,3)15-12-16(23(27)33)22(35-5)17(13-15)30-24(34)18-11-14-7-6-8-19(21(14)32(18)4)36-20-9-10-29-25(28)31-20/h6-13H,1-5H3,(H2,27,33)(H,30,34)(H2,28,29,31). The van der Waals surface area contributed by atoms with E-state index in [-0.39, 0.29) is 28.6 Å². The topological polar surface area (TPSA) is 147 Å². The Morgan fingerprint density at radius 1 is 1.11 bits per heavy atom. The molecule has 0 aliphatic carbocycles. The van der Waals surface area contributed by atoms with Crippen LogP contribution in [0.5, 0.6) is 17.4 Å². The monoisotopic (exact) mass is 488 g/mol. The zero-order valence-corrected chi connectivity index (χ0v) is 20.7. The van der Waals surface area contributed by atoms with Crippen molar-refractivity contribution < 1.29 is 19.1 Å². The number of para-hydroxylation sites is 1. The van der Waals surface area contributed by atoms with Gasteiger partial charge >= 0.3 is 0 Å². The number of amides is 2. The molecule has 10 heteroatoms. The number of hydrogen-bond acceptors (Lipinski definition) is 7. The molecule has 2 aromatic heterocycles. The molecule has 0 atom stereocenters. The molecule has 36 heavy (non-hydrogen) atoms. The summed E-state index contributed by atoms with van der Waals surface area (Å²) < 4.78 is 13.1. The van der Waals surface area contributed by atoms with Crippen LogP contribution in [0.4, 0.5) is 11.6 Å². The van der Waals surface area contributed by atoms with Crippen LogP contribution in [0.2, 0.25) is 0 Å². The van der Waals surface area contributed by atoms with E-state index in [9.17, 15) is 9.59 Å². The molecule has 4 aromatic rings. The van der Waals surface area contributed by atoms with Gasteiger partial charge in [0.25, 0.3) is 11.8 Å². The van der Waals surface area contributed by atoms with E-state index < -0.39 is 11.8 Å². The molecule has 0 aliphatic heterocycles. The summed E-state index contributed by atoms with van der Waals surface area (Å²) in [6.07, 6.45) is 1.50. The predicted octanol–water partition coefficient (Wildman–Crippen LogP) is 4.00. The Balaban J connectivity index is 1.75. The Kier molecular flexibility index (Phi) is 6.28. The number of anilines is 2. The third-order valence-electron chi connectivity index (χ3n) is 5.79. The van der Waals surface area contributed by atoms with Crippen molar-refractivity contribution in [3.63, 3.8) is 0 Å². The first-order chi connectivity index (χ1) is 17.0. The molecule has 2 heterocycles. The fourth-order valence-electron chi connectivity index (χ4n) is 3.95. The third-order valence-corrected chi connectivity index (χ3v) is 5.79. The van der Waals surface area contributed by atoms with Gasteiger partial charge in [-0.25, -0.2) is 4.98 Å². The molecule has 10 nitrogen and oxygen atoms in total. The number of aryl methyl sites for hydroxylation is 1. The van der Waals surface area contributed by atoms with Crippen LogP contribution in [0.1, 0.15) is 47.2 Å². The number of aromatic nitrogens is 3. The van der Waals surface area contributed by atoms with Crippen LogP contribution in [-0.2, 0) is 12.5 Å². The molecular weight excluding hydrogens is 460 g/mol. The van der Waals surface area contributed by atoms with Crippen molar-refractivity contribution >= 4 is 34.4 Å². The van der Waals surface area contributed by atoms with Gasteiger partial charge in [-0.2, -0.15) is 4.98 Å². The quantitative estimate of drug-likeness (QED) is 0.371. The third kappa shape index (κ3) is 4.65. The van der Waals surface area contributed by atoms with Gasteiger partial charge in [-0.3, -0.25) is 9.59 Å². The van der Waals surface area contributed by atoms with Crippen molar-refractivity contribution in [2.24, 2.45) is 12.8 Å². The van der Waals surface area contributed by atoms with E-state index in [2.05, 4.69) is 15.3 Å². The molecule has 0 radical (unpaired) electrons. The first-order valence-corrected chi connectivity index (χ1v) is 11.2. The van der Waals surface area contributed by atoms with Gasteiger partial charge in [0.2, 0.25) is 11.8 Å². The molecule has 0 bridgehead atoms. The zero-order valence-electron chi connectivity index (χ0n) is 20.7. The highest BCUT2D eigenvalue weighted by Crippen LogP contribution is 2.36. The van der Waals surface area contributed by atoms with Gasteiger partial charge in [-0.15, -0.1) is 0 Å². The number of nitrogens with one attached hydrogen (secondary N) is 1. The number of fused-ring (bicyclic) bond motifs is 1. The number of rotatable bonds is 6. The van der Waals surface area contributed by atoms with Crippen molar-refractivity contribution in [3.8, 4) is 17.4 Å². The summed E-state index contributed by atoms with van der Waals surface area (Å²) in [7, 11) is 3.19. The Morgan fingerprint density at radius 3 is 2.50 bits per heavy atom. The first kappa shape index (κ1) is 24.5. The second-order valence-corrected chi connectivity index (χ2v) is 9.31. The van der Waals surface area contributed by atoms with Gasteiger partial charge in [0.05, 0.1) is 23.9 Å². The van der Waals surface area contributed by atoms with Crippen molar-refractivity contribution in [3.05, 3.63) is 65.5 Å². The molecule has 2 amide bonds. The molecular formula is C26H28N6O4. The predicted molar refractivity (Wildman–Crippen MR) is 138 cm³/mol. The smallest absolute Gasteiger partial charge is 0.272 e. The maximum atomic E-state index is 13.4. The number of benzene rings is 2. The Bertz CT molecular complexity index is 1490. The van der Waals surface area contributed by atoms with Crippen molar-refractivity contribution in [1.82, 2.24) is 14.5 Å². The summed E-state index contributed by atoms with van der Waals surface area (Å²) in [5.74, 6) is 0.0256. The zero-order chi connectivity index (χ0) is 26.2. The van der Waals surface area contributed by atoms with Crippen molar-refractivity contribution in [2.75, 3.05) is 18.2 Å². The van der Waals surface area contributed by atoms with E-state index >= 15 is 0 Å². The van der Waals surface area contributed by atoms with Gasteiger partial charge in [-0.1, -0.05) is 32.9 Å². The number of nitrogens with zero attached hydrogens (tertiary/aromatic N) is 3. The molecule has 0 unspecified atom stereocenters. The lowest BCUT2D eigenvalue weighted by Gasteiger charge is -2.23. The van der Waals surface area contributed by atoms with Gasteiger partial charge in [0, 0.05) is 24.7 Å². The van der Waals surface area contributed by atoms with Crippen LogP contribution in [0.3, 0.4) is 0 Å². The Labute approximate surface area is 208 Å². The van der Waals surface area contributed by atoms with E-state index in [1.807, 2.05) is 32.9 Å². The second kappa shape index (κ2) is 9.21. The van der Waals surface area contributed by atoms with Crippen molar-refractivity contribution in [2.45, 2.75) is 26.2 Å². The molecule has 5 N–H and O–H groups in total. The largest absolute Gasteiger partial charge is 0.494 e. The molecule has 186 valence electrons. The number of carbonyl (C=O) groups excluding carboxylic acids is 2. The van der Waals surface area contributed by atoms with E-state index in [0.717, 1.165) is 10.9 Å². The maximum absolute atomic E-state index is 13.4. The van der Waals surface area contributed by atoms with Crippen LogP contribution in [-0.4, -0.2) is 33.5 Å². The van der Waals surface area contributed by atoms with Crippen LogP contribution >= 0.6 is 0 Å². The van der Waals surface area contributed by atoms with Crippen LogP contribution in [0.15, 0.2) is 48.7 Å². The SMILES string of the molecule is COc1c(NC(=O)c2cc3cccc(Oc4ccnc(N)n4)c3n2C)cc(C(C)(C)C)cc1C(N)=O. The van der Waals surface area contributed by atoms with E-state index in [1.54, 1.807) is 41.9 Å². The lowest BCUT2D eigenvalue weighted by molar-refractivity contribution is 0.0991. The number of methoxy groups -OCH3 is 1. The number of nitrogen functional groups attached to an aromatic ring is 1. The highest BCUT2D eigenvalue weighted by molar-refractivity contribution is 6.09. The summed E-state index contributed by atoms with van der Waals surface area (Å²) in [5.41, 5.74) is 13.4. The maximum Gasteiger partial charge on any atom is 0.272 e. The number of ether oxygens (including phenoxy) is 2. The summed E-state index contributed by atoms with van der Waals surface area (Å²) in [5, 5.41) is 3.68. The lowest BCUT2D eigenvalue weighted by Crippen LogP contribution is -2.21. The Hall–Kier alpha value is -4.60. The van der Waals surface area contributed by atoms with E-state index in [0.29, 0.717) is 22.6 Å². The average Bonchev–Trinajstić information content (AvgIpc) is 3.15. The van der Waals surface area contributed by atoms with Crippen LogP contribution in [0, 0.1) is 0 Å². The van der Waals surface area contributed by atoms with E-state index in [1.165, 1.54) is 13.3 Å². The highest BCUT2D eigenvalue weighted by Gasteiger charge is 2.24. The highest BCUT2D eigenvalue weighted by atomic mass is 16.5. The van der Waals surface area contributed by atoms with Gasteiger partial charge < -0.3 is 30.8 Å². The van der Waals surface area contributed by atoms with Crippen molar-refractivity contribution in [1.29, 1.82) is 0 Å². The number of nitrogens with two attached hydrogens (primary N) is 2. The molecule has 2 aromatic carbocycles. The fraction of sp³-hybridized carbons (Fsp3) is 0.231. The van der Waals surface area contributed by atoms with Gasteiger partial charge in [0.15, 0.2) is 11.5 Å². The normalized spacial score (nSPS) is 11.4. The summed E-state index contributed by atoms with van der Waals surface area (Å²) >= 11 is 0. The minimum Gasteiger partial charge on any atom is -0.494 e. The van der Waals surface area contributed by atoms with Gasteiger partial charge in [-0.05, 0) is 35.2 Å². The average molecular weight is 489 g/mol. The number of hydrogen-bond donors (Lipinski definition) is 3. The van der Waals surface area contributed by atoms with Crippen LogP contribution < -0.4 is 26.3 Å². The van der Waals surface area contributed by atoms with E-state index in [4.69, 9.17) is 20.9 Å². The molecule has 4 rings (SSSR count).